The zero-order chi connectivity index (χ0) is 23.6. The minimum Gasteiger partial charge on any atom is -0.493 e. The zero-order valence-electron chi connectivity index (χ0n) is 16.4. The highest BCUT2D eigenvalue weighted by molar-refractivity contribution is 6.42. The molecule has 0 radical (unpaired) electrons. The highest BCUT2D eigenvalue weighted by Gasteiger charge is 2.27. The van der Waals surface area contributed by atoms with E-state index in [0.29, 0.717) is 10.0 Å². The van der Waals surface area contributed by atoms with Crippen LogP contribution in [-0.4, -0.2) is 34.2 Å². The van der Waals surface area contributed by atoms with E-state index in [1.54, 1.807) is 18.2 Å². The average molecular weight is 479 g/mol. The fourth-order valence-electron chi connectivity index (χ4n) is 3.07. The number of carboxylic acids is 2. The van der Waals surface area contributed by atoms with Crippen molar-refractivity contribution in [2.75, 3.05) is 12.8 Å². The molecule has 3 aromatic rings. The number of anilines is 1. The number of pyridine rings is 1. The molecule has 0 unspecified atom stereocenters. The van der Waals surface area contributed by atoms with Gasteiger partial charge in [0.15, 0.2) is 11.5 Å². The Morgan fingerprint density at radius 3 is 2.28 bits per heavy atom. The van der Waals surface area contributed by atoms with Crippen LogP contribution < -0.4 is 20.8 Å². The number of hydrogen-bond acceptors (Lipinski definition) is 6. The molecule has 0 aliphatic rings. The topological polar surface area (TPSA) is 152 Å². The Morgan fingerprint density at radius 2 is 1.69 bits per heavy atom. The summed E-state index contributed by atoms with van der Waals surface area (Å²) in [5.41, 5.74) is 3.80. The molecule has 3 rings (SSSR count). The van der Waals surface area contributed by atoms with Crippen molar-refractivity contribution in [2.45, 2.75) is 6.61 Å². The van der Waals surface area contributed by atoms with Crippen LogP contribution in [0.2, 0.25) is 10.0 Å². The molecule has 32 heavy (non-hydrogen) atoms. The summed E-state index contributed by atoms with van der Waals surface area (Å²) >= 11 is 11.9. The maximum atomic E-state index is 12.2. The van der Waals surface area contributed by atoms with Crippen molar-refractivity contribution >= 4 is 41.0 Å². The number of halogens is 2. The normalized spacial score (nSPS) is 10.6. The van der Waals surface area contributed by atoms with Gasteiger partial charge < -0.3 is 30.4 Å². The number of rotatable bonds is 7. The number of benzene rings is 2. The highest BCUT2D eigenvalue weighted by Crippen LogP contribution is 2.36. The Morgan fingerprint density at radius 1 is 1.00 bits per heavy atom. The lowest BCUT2D eigenvalue weighted by Crippen LogP contribution is -2.24. The summed E-state index contributed by atoms with van der Waals surface area (Å²) in [6, 6.07) is 9.22. The van der Waals surface area contributed by atoms with Crippen LogP contribution in [-0.2, 0) is 6.61 Å². The summed E-state index contributed by atoms with van der Waals surface area (Å²) in [6.45, 7) is 0.116. The Balaban J connectivity index is 2.07. The number of carboxylic acid groups (broad SMARTS) is 2. The van der Waals surface area contributed by atoms with E-state index in [-0.39, 0.29) is 29.2 Å². The summed E-state index contributed by atoms with van der Waals surface area (Å²) in [5, 5.41) is 19.8. The van der Waals surface area contributed by atoms with Crippen molar-refractivity contribution < 1.29 is 29.3 Å². The standard InChI is InChI=1S/C21H16Cl2N2O7/c1-31-14-7-10(3-5-13(14)32-8-9-2-4-11(22)12(23)6-9)15-16(20(27)28)18(24)25-19(26)17(15)21(29)30/h2-7H,8H2,1H3,(H,27,28)(H,29,30)(H3,24,25,26). The van der Waals surface area contributed by atoms with Gasteiger partial charge in [-0.3, -0.25) is 4.79 Å². The van der Waals surface area contributed by atoms with E-state index in [1.165, 1.54) is 25.3 Å². The van der Waals surface area contributed by atoms with Crippen molar-refractivity contribution in [3.63, 3.8) is 0 Å². The SMILES string of the molecule is COc1cc(-c2c(C(=O)O)c(N)[nH]c(=O)c2C(=O)O)ccc1OCc1ccc(Cl)c(Cl)c1. The van der Waals surface area contributed by atoms with Crippen molar-refractivity contribution in [1.82, 2.24) is 4.98 Å². The van der Waals surface area contributed by atoms with Crippen LogP contribution in [0.1, 0.15) is 26.3 Å². The largest absolute Gasteiger partial charge is 0.493 e. The number of methoxy groups -OCH3 is 1. The van der Waals surface area contributed by atoms with Gasteiger partial charge in [-0.1, -0.05) is 35.3 Å². The predicted octanol–water partition coefficient (Wildman–Crippen LogP) is 3.91. The molecule has 0 aliphatic heterocycles. The first-order chi connectivity index (χ1) is 15.1. The van der Waals surface area contributed by atoms with Gasteiger partial charge in [-0.2, -0.15) is 0 Å². The van der Waals surface area contributed by atoms with Crippen LogP contribution in [0, 0.1) is 0 Å². The number of aromatic nitrogens is 1. The number of aromatic carboxylic acids is 2. The van der Waals surface area contributed by atoms with E-state index in [1.807, 2.05) is 0 Å². The van der Waals surface area contributed by atoms with Crippen molar-refractivity contribution in [2.24, 2.45) is 0 Å². The van der Waals surface area contributed by atoms with Gasteiger partial charge in [-0.15, -0.1) is 0 Å². The molecule has 166 valence electrons. The van der Waals surface area contributed by atoms with Gasteiger partial charge in [0.1, 0.15) is 23.6 Å². The number of nitrogens with two attached hydrogens (primary N) is 1. The lowest BCUT2D eigenvalue weighted by atomic mass is 9.95. The van der Waals surface area contributed by atoms with Crippen LogP contribution >= 0.6 is 23.2 Å². The first kappa shape index (κ1) is 23.0. The van der Waals surface area contributed by atoms with Crippen LogP contribution in [0.25, 0.3) is 11.1 Å². The number of ether oxygens (including phenoxy) is 2. The average Bonchev–Trinajstić information content (AvgIpc) is 2.73. The zero-order valence-corrected chi connectivity index (χ0v) is 18.0. The van der Waals surface area contributed by atoms with Crippen LogP contribution in [0.3, 0.4) is 0 Å². The van der Waals surface area contributed by atoms with E-state index >= 15 is 0 Å². The molecule has 1 heterocycles. The highest BCUT2D eigenvalue weighted by atomic mass is 35.5. The van der Waals surface area contributed by atoms with E-state index in [4.69, 9.17) is 38.4 Å². The molecular weight excluding hydrogens is 463 g/mol. The molecule has 5 N–H and O–H groups in total. The number of hydrogen-bond donors (Lipinski definition) is 4. The number of nitrogens with one attached hydrogen (secondary N) is 1. The summed E-state index contributed by atoms with van der Waals surface area (Å²) in [5.74, 6) is -3.12. The van der Waals surface area contributed by atoms with Crippen molar-refractivity contribution in [1.29, 1.82) is 0 Å². The Hall–Kier alpha value is -3.69. The van der Waals surface area contributed by atoms with Crippen LogP contribution in [0.4, 0.5) is 5.82 Å². The molecule has 0 atom stereocenters. The molecule has 0 saturated heterocycles. The number of nitrogen functional groups attached to an aromatic ring is 1. The number of aromatic amines is 1. The van der Waals surface area contributed by atoms with Gasteiger partial charge in [0, 0.05) is 5.56 Å². The third-order valence-corrected chi connectivity index (χ3v) is 5.24. The number of carbonyl (C=O) groups is 2. The molecule has 2 aromatic carbocycles. The maximum absolute atomic E-state index is 12.2. The van der Waals surface area contributed by atoms with Gasteiger partial charge >= 0.3 is 11.9 Å². The summed E-state index contributed by atoms with van der Waals surface area (Å²) < 4.78 is 11.1. The molecular formula is C21H16Cl2N2O7. The lowest BCUT2D eigenvalue weighted by molar-refractivity contribution is 0.0695. The summed E-state index contributed by atoms with van der Waals surface area (Å²) in [6.07, 6.45) is 0. The molecule has 0 aliphatic carbocycles. The van der Waals surface area contributed by atoms with Crippen LogP contribution in [0.15, 0.2) is 41.2 Å². The molecule has 0 amide bonds. The maximum Gasteiger partial charge on any atom is 0.342 e. The third kappa shape index (κ3) is 4.48. The number of H-pyrrole nitrogens is 1. The van der Waals surface area contributed by atoms with Gasteiger partial charge in [0.05, 0.1) is 17.2 Å². The molecule has 0 saturated carbocycles. The fraction of sp³-hybridized carbons (Fsp3) is 0.0952. The molecule has 0 fully saturated rings. The Kier molecular flexibility index (Phi) is 6.61. The smallest absolute Gasteiger partial charge is 0.342 e. The lowest BCUT2D eigenvalue weighted by Gasteiger charge is -2.15. The first-order valence-electron chi connectivity index (χ1n) is 8.91. The minimum absolute atomic E-state index is 0.0938. The Bertz CT molecular complexity index is 1290. The molecule has 11 heteroatoms. The summed E-state index contributed by atoms with van der Waals surface area (Å²) in [7, 11) is 1.35. The van der Waals surface area contributed by atoms with Gasteiger partial charge in [-0.05, 0) is 35.4 Å². The second-order valence-electron chi connectivity index (χ2n) is 6.51. The van der Waals surface area contributed by atoms with E-state index in [9.17, 15) is 24.6 Å². The summed E-state index contributed by atoms with van der Waals surface area (Å²) in [4.78, 5) is 37.7. The van der Waals surface area contributed by atoms with Crippen LogP contribution in [0.5, 0.6) is 11.5 Å². The quantitative estimate of drug-likeness (QED) is 0.398. The predicted molar refractivity (Wildman–Crippen MR) is 118 cm³/mol. The molecule has 9 nitrogen and oxygen atoms in total. The molecule has 1 aromatic heterocycles. The van der Waals surface area contributed by atoms with Gasteiger partial charge in [0.25, 0.3) is 5.56 Å². The van der Waals surface area contributed by atoms with Crippen molar-refractivity contribution in [3.05, 3.63) is 73.5 Å². The minimum atomic E-state index is -1.61. The van der Waals surface area contributed by atoms with E-state index < -0.39 is 34.4 Å². The van der Waals surface area contributed by atoms with E-state index in [0.717, 1.165) is 5.56 Å². The molecule has 0 bridgehead atoms. The Labute approximate surface area is 190 Å². The second kappa shape index (κ2) is 9.21. The third-order valence-electron chi connectivity index (χ3n) is 4.50. The monoisotopic (exact) mass is 478 g/mol. The first-order valence-corrected chi connectivity index (χ1v) is 9.67. The fourth-order valence-corrected chi connectivity index (χ4v) is 3.39. The van der Waals surface area contributed by atoms with Crippen molar-refractivity contribution in [3.8, 4) is 22.6 Å². The van der Waals surface area contributed by atoms with E-state index in [2.05, 4.69) is 4.98 Å². The van der Waals surface area contributed by atoms with Gasteiger partial charge in [0.2, 0.25) is 0 Å². The van der Waals surface area contributed by atoms with Gasteiger partial charge in [-0.25, -0.2) is 9.59 Å². The second-order valence-corrected chi connectivity index (χ2v) is 7.32. The molecule has 0 spiro atoms.